The van der Waals surface area contributed by atoms with E-state index in [-0.39, 0.29) is 36.5 Å². The number of alkyl halides is 3. The molecule has 2 amide bonds. The van der Waals surface area contributed by atoms with Crippen LogP contribution >= 0.6 is 0 Å². The number of aliphatic carboxylic acids is 1. The number of hydrogen-bond donors (Lipinski definition) is 1. The number of aromatic nitrogens is 1. The Hall–Kier alpha value is -4.26. The Labute approximate surface area is 226 Å². The summed E-state index contributed by atoms with van der Waals surface area (Å²) in [7, 11) is 0. The molecule has 5 rings (SSSR count). The molecule has 1 aromatic carbocycles. The third kappa shape index (κ3) is 6.47. The highest BCUT2D eigenvalue weighted by Gasteiger charge is 2.58. The number of carboxylic acids is 1. The molecular weight excluding hydrogens is 538 g/mol. The number of halogens is 4. The fourth-order valence-corrected chi connectivity index (χ4v) is 4.74. The molecule has 0 radical (unpaired) electrons. The van der Waals surface area contributed by atoms with Crippen LogP contribution in [-0.4, -0.2) is 75.7 Å². The fourth-order valence-electron chi connectivity index (χ4n) is 4.74. The van der Waals surface area contributed by atoms with Crippen molar-refractivity contribution < 1.29 is 46.2 Å². The predicted octanol–water partition coefficient (Wildman–Crippen LogP) is 3.41. The number of carbonyl (C=O) groups is 3. The predicted molar refractivity (Wildman–Crippen MR) is 130 cm³/mol. The number of likely N-dealkylation sites (tertiary alicyclic amines) is 1. The van der Waals surface area contributed by atoms with Crippen LogP contribution in [0.25, 0.3) is 0 Å². The highest BCUT2D eigenvalue weighted by Crippen LogP contribution is 2.42. The number of furan rings is 1. The molecule has 0 aliphatic carbocycles. The minimum atomic E-state index is -5.08. The van der Waals surface area contributed by atoms with E-state index in [1.807, 2.05) is 12.1 Å². The number of carbonyl (C=O) groups excluding carboxylic acids is 2. The Kier molecular flexibility index (Phi) is 8.52. The van der Waals surface area contributed by atoms with E-state index < -0.39 is 17.7 Å². The molecule has 2 unspecified atom stereocenters. The van der Waals surface area contributed by atoms with Gasteiger partial charge in [0.05, 0.1) is 25.8 Å². The van der Waals surface area contributed by atoms with Gasteiger partial charge >= 0.3 is 12.1 Å². The lowest BCUT2D eigenvalue weighted by atomic mass is 9.83. The normalized spacial score (nSPS) is 20.8. The molecule has 13 heteroatoms. The van der Waals surface area contributed by atoms with Gasteiger partial charge in [0.2, 0.25) is 5.91 Å². The molecule has 9 nitrogen and oxygen atoms in total. The van der Waals surface area contributed by atoms with E-state index in [1.54, 1.807) is 46.5 Å². The fraction of sp³-hybridized carbons (Fsp3) is 0.333. The second-order valence-corrected chi connectivity index (χ2v) is 9.26. The summed E-state index contributed by atoms with van der Waals surface area (Å²) in [6.45, 7) is 1.64. The van der Waals surface area contributed by atoms with E-state index in [0.29, 0.717) is 32.0 Å². The number of ether oxygens (including phenoxy) is 1. The molecule has 2 aliphatic rings. The molecule has 2 aliphatic heterocycles. The van der Waals surface area contributed by atoms with Gasteiger partial charge in [-0.2, -0.15) is 13.2 Å². The number of hydrogen-bond acceptors (Lipinski definition) is 6. The Morgan fingerprint density at radius 3 is 2.45 bits per heavy atom. The van der Waals surface area contributed by atoms with Crippen molar-refractivity contribution in [2.75, 3.05) is 26.2 Å². The first-order valence-corrected chi connectivity index (χ1v) is 12.2. The summed E-state index contributed by atoms with van der Waals surface area (Å²) in [4.78, 5) is 43.4. The molecular formula is C27H25F4N3O6. The van der Waals surface area contributed by atoms with Crippen LogP contribution in [-0.2, 0) is 32.1 Å². The number of rotatable bonds is 5. The third-order valence-electron chi connectivity index (χ3n) is 6.64. The van der Waals surface area contributed by atoms with Crippen molar-refractivity contribution in [1.82, 2.24) is 14.8 Å². The third-order valence-corrected chi connectivity index (χ3v) is 6.64. The smallest absolute Gasteiger partial charge is 0.475 e. The quantitative estimate of drug-likeness (QED) is 0.474. The van der Waals surface area contributed by atoms with Crippen molar-refractivity contribution in [3.8, 4) is 0 Å². The average Bonchev–Trinajstić information content (AvgIpc) is 3.57. The lowest BCUT2D eigenvalue weighted by Gasteiger charge is -2.42. The first-order chi connectivity index (χ1) is 19.0. The Balaban J connectivity index is 0.000000470. The van der Waals surface area contributed by atoms with Crippen LogP contribution in [0.3, 0.4) is 0 Å². The highest BCUT2D eigenvalue weighted by molar-refractivity contribution is 5.90. The molecule has 0 bridgehead atoms. The van der Waals surface area contributed by atoms with Crippen molar-refractivity contribution in [1.29, 1.82) is 0 Å². The van der Waals surface area contributed by atoms with Crippen molar-refractivity contribution >= 4 is 17.8 Å². The Morgan fingerprint density at radius 2 is 1.85 bits per heavy atom. The lowest BCUT2D eigenvalue weighted by Crippen LogP contribution is -2.60. The molecule has 0 saturated carbocycles. The summed E-state index contributed by atoms with van der Waals surface area (Å²) in [5, 5.41) is 7.12. The molecule has 2 saturated heterocycles. The van der Waals surface area contributed by atoms with Gasteiger partial charge in [-0.3, -0.25) is 14.6 Å². The first-order valence-electron chi connectivity index (χ1n) is 12.2. The second-order valence-electron chi connectivity index (χ2n) is 9.26. The van der Waals surface area contributed by atoms with Crippen molar-refractivity contribution in [3.05, 3.63) is 89.9 Å². The molecule has 4 heterocycles. The van der Waals surface area contributed by atoms with Crippen molar-refractivity contribution in [2.24, 2.45) is 0 Å². The van der Waals surface area contributed by atoms with Gasteiger partial charge in [0.25, 0.3) is 5.91 Å². The highest BCUT2D eigenvalue weighted by atomic mass is 19.4. The molecule has 1 N–H and O–H groups in total. The van der Waals surface area contributed by atoms with Gasteiger partial charge in [-0.15, -0.1) is 0 Å². The first kappa shape index (κ1) is 28.7. The summed E-state index contributed by atoms with van der Waals surface area (Å²) < 4.78 is 56.6. The zero-order chi connectivity index (χ0) is 28.9. The van der Waals surface area contributed by atoms with E-state index in [9.17, 15) is 27.2 Å². The number of nitrogens with zero attached hydrogens (tertiary/aromatic N) is 3. The van der Waals surface area contributed by atoms with E-state index >= 15 is 0 Å². The Morgan fingerprint density at radius 1 is 1.12 bits per heavy atom. The van der Waals surface area contributed by atoms with Crippen LogP contribution in [0.15, 0.2) is 71.6 Å². The van der Waals surface area contributed by atoms with Gasteiger partial charge in [-0.25, -0.2) is 9.18 Å². The standard InChI is InChI=1S/C25H24FN3O4.C2HF3O2/c26-20-7-5-18(6-8-20)15-28-10-12-33-25(24(28)31)17-29(23(30)13-21-4-2-11-32-21)16-22(25)19-3-1-9-27-14-19;3-2(4,5)1(6)7/h1-9,11,14,22H,10,12-13,15-17H2;(H,6,7). The summed E-state index contributed by atoms with van der Waals surface area (Å²) in [5.41, 5.74) is 0.492. The summed E-state index contributed by atoms with van der Waals surface area (Å²) in [6.07, 6.45) is -0.0260. The van der Waals surface area contributed by atoms with E-state index in [4.69, 9.17) is 19.1 Å². The van der Waals surface area contributed by atoms with Gasteiger partial charge < -0.3 is 24.1 Å². The lowest BCUT2D eigenvalue weighted by molar-refractivity contribution is -0.192. The summed E-state index contributed by atoms with van der Waals surface area (Å²) in [5.74, 6) is -3.14. The summed E-state index contributed by atoms with van der Waals surface area (Å²) >= 11 is 0. The van der Waals surface area contributed by atoms with Crippen LogP contribution in [0, 0.1) is 5.82 Å². The molecule has 40 heavy (non-hydrogen) atoms. The van der Waals surface area contributed by atoms with E-state index in [2.05, 4.69) is 4.98 Å². The molecule has 3 aromatic rings. The van der Waals surface area contributed by atoms with Crippen LogP contribution < -0.4 is 0 Å². The van der Waals surface area contributed by atoms with Gasteiger partial charge in [-0.1, -0.05) is 18.2 Å². The number of carboxylic acid groups (broad SMARTS) is 1. The molecule has 2 atom stereocenters. The monoisotopic (exact) mass is 563 g/mol. The SMILES string of the molecule is O=C(Cc1ccco1)N1CC(c2cccnc2)C2(C1)OCCN(Cc1ccc(F)cc1)C2=O.O=C(O)C(F)(F)F. The van der Waals surface area contributed by atoms with Crippen LogP contribution in [0.2, 0.25) is 0 Å². The van der Waals surface area contributed by atoms with Crippen molar-refractivity contribution in [3.63, 3.8) is 0 Å². The number of amides is 2. The van der Waals surface area contributed by atoms with E-state index in [1.165, 1.54) is 18.4 Å². The maximum atomic E-state index is 13.8. The molecule has 212 valence electrons. The Bertz CT molecular complexity index is 1320. The van der Waals surface area contributed by atoms with E-state index in [0.717, 1.165) is 11.1 Å². The zero-order valence-electron chi connectivity index (χ0n) is 21.0. The van der Waals surface area contributed by atoms with Gasteiger partial charge in [0.15, 0.2) is 5.60 Å². The van der Waals surface area contributed by atoms with Crippen LogP contribution in [0.5, 0.6) is 0 Å². The molecule has 1 spiro atoms. The second kappa shape index (κ2) is 11.9. The molecule has 2 fully saturated rings. The van der Waals surface area contributed by atoms with Crippen LogP contribution in [0.1, 0.15) is 22.8 Å². The topological polar surface area (TPSA) is 113 Å². The minimum absolute atomic E-state index is 0.121. The minimum Gasteiger partial charge on any atom is -0.475 e. The number of benzene rings is 1. The van der Waals surface area contributed by atoms with Gasteiger partial charge in [0, 0.05) is 37.9 Å². The maximum absolute atomic E-state index is 13.8. The van der Waals surface area contributed by atoms with Gasteiger partial charge in [0.1, 0.15) is 11.6 Å². The average molecular weight is 564 g/mol. The van der Waals surface area contributed by atoms with Gasteiger partial charge in [-0.05, 0) is 41.5 Å². The number of morpholine rings is 1. The zero-order valence-corrected chi connectivity index (χ0v) is 21.0. The number of pyridine rings is 1. The maximum Gasteiger partial charge on any atom is 0.490 e. The largest absolute Gasteiger partial charge is 0.490 e. The van der Waals surface area contributed by atoms with Crippen molar-refractivity contribution in [2.45, 2.75) is 30.7 Å². The van der Waals surface area contributed by atoms with Crippen LogP contribution in [0.4, 0.5) is 17.6 Å². The summed E-state index contributed by atoms with van der Waals surface area (Å²) in [6, 6.07) is 13.4. The molecule has 2 aromatic heterocycles.